The summed E-state index contributed by atoms with van der Waals surface area (Å²) in [4.78, 5) is 11.0. The molecule has 0 spiro atoms. The monoisotopic (exact) mass is 309 g/mol. The van der Waals surface area contributed by atoms with Gasteiger partial charge in [-0.1, -0.05) is 0 Å². The predicted molar refractivity (Wildman–Crippen MR) is 68.2 cm³/mol. The minimum Gasteiger partial charge on any atom is -0.468 e. The Balaban J connectivity index is 2.24. The molecule has 1 aromatic heterocycles. The molecule has 1 rings (SSSR count). The van der Waals surface area contributed by atoms with Crippen LogP contribution in [0.2, 0.25) is 0 Å². The fraction of sp³-hybridized carbons (Fsp3) is 0.444. The first kappa shape index (κ1) is 13.0. The molecule has 0 fully saturated rings. The maximum atomic E-state index is 11.0. The summed E-state index contributed by atoms with van der Waals surface area (Å²) in [5, 5.41) is 2.08. The molecule has 0 amide bonds. The molecule has 84 valence electrons. The molecule has 15 heavy (non-hydrogen) atoms. The van der Waals surface area contributed by atoms with Crippen molar-refractivity contribution in [3.8, 4) is 0 Å². The molecule has 0 saturated carbocycles. The molecule has 2 N–H and O–H groups in total. The van der Waals surface area contributed by atoms with E-state index in [1.807, 2.05) is 0 Å². The number of nitrogens with two attached hydrogens (primary N) is 1. The maximum Gasteiger partial charge on any atom is 0.323 e. The second kappa shape index (κ2) is 6.52. The summed E-state index contributed by atoms with van der Waals surface area (Å²) in [7, 11) is 1.35. The molecule has 1 unspecified atom stereocenters. The van der Waals surface area contributed by atoms with Crippen LogP contribution in [-0.4, -0.2) is 24.9 Å². The molecule has 6 heteroatoms. The Morgan fingerprint density at radius 3 is 3.07 bits per heavy atom. The number of carbonyl (C=O) groups is 1. The van der Waals surface area contributed by atoms with Gasteiger partial charge in [-0.25, -0.2) is 0 Å². The van der Waals surface area contributed by atoms with Crippen LogP contribution in [-0.2, 0) is 15.3 Å². The van der Waals surface area contributed by atoms with Crippen LogP contribution in [0.25, 0.3) is 0 Å². The molecular formula is C9H12BrNO2S2. The summed E-state index contributed by atoms with van der Waals surface area (Å²) >= 11 is 6.68. The average Bonchev–Trinajstić information content (AvgIpc) is 2.63. The highest BCUT2D eigenvalue weighted by Crippen LogP contribution is 2.23. The Morgan fingerprint density at radius 2 is 2.53 bits per heavy atom. The van der Waals surface area contributed by atoms with Crippen LogP contribution < -0.4 is 5.73 Å². The number of esters is 1. The third kappa shape index (κ3) is 4.55. The Bertz CT molecular complexity index is 330. The quantitative estimate of drug-likeness (QED) is 0.848. The summed E-state index contributed by atoms with van der Waals surface area (Å²) in [5.41, 5.74) is 6.84. The van der Waals surface area contributed by atoms with E-state index in [0.29, 0.717) is 5.75 Å². The molecule has 0 aliphatic rings. The average molecular weight is 310 g/mol. The largest absolute Gasteiger partial charge is 0.468 e. The molecule has 0 saturated heterocycles. The van der Waals surface area contributed by atoms with Gasteiger partial charge in [0.15, 0.2) is 0 Å². The van der Waals surface area contributed by atoms with Gasteiger partial charge < -0.3 is 10.5 Å². The van der Waals surface area contributed by atoms with Crippen LogP contribution in [0.3, 0.4) is 0 Å². The first-order chi connectivity index (χ1) is 7.13. The molecule has 0 radical (unpaired) electrons. The Morgan fingerprint density at radius 1 is 1.80 bits per heavy atom. The van der Waals surface area contributed by atoms with E-state index in [0.717, 1.165) is 9.54 Å². The Kier molecular flexibility index (Phi) is 5.66. The predicted octanol–water partition coefficient (Wildman–Crippen LogP) is 2.24. The van der Waals surface area contributed by atoms with Crippen LogP contribution in [0.4, 0.5) is 0 Å². The van der Waals surface area contributed by atoms with Crippen molar-refractivity contribution in [1.29, 1.82) is 0 Å². The highest BCUT2D eigenvalue weighted by atomic mass is 79.9. The normalized spacial score (nSPS) is 12.5. The number of thiophene rings is 1. The van der Waals surface area contributed by atoms with E-state index >= 15 is 0 Å². The van der Waals surface area contributed by atoms with Crippen molar-refractivity contribution in [3.63, 3.8) is 0 Å². The lowest BCUT2D eigenvalue weighted by molar-refractivity contribution is -0.141. The van der Waals surface area contributed by atoms with Crippen LogP contribution in [0, 0.1) is 0 Å². The summed E-state index contributed by atoms with van der Waals surface area (Å²) in [6, 6.07) is 1.54. The topological polar surface area (TPSA) is 52.3 Å². The smallest absolute Gasteiger partial charge is 0.323 e. The Hall–Kier alpha value is -0.0400. The minimum atomic E-state index is -0.526. The highest BCUT2D eigenvalue weighted by molar-refractivity contribution is 9.11. The van der Waals surface area contributed by atoms with E-state index in [4.69, 9.17) is 5.73 Å². The van der Waals surface area contributed by atoms with Crippen molar-refractivity contribution in [1.82, 2.24) is 0 Å². The van der Waals surface area contributed by atoms with Gasteiger partial charge in [0, 0.05) is 11.5 Å². The summed E-state index contributed by atoms with van der Waals surface area (Å²) in [6.45, 7) is 0. The zero-order valence-corrected chi connectivity index (χ0v) is 11.5. The van der Waals surface area contributed by atoms with E-state index in [9.17, 15) is 4.79 Å². The molecular weight excluding hydrogens is 298 g/mol. The van der Waals surface area contributed by atoms with Crippen LogP contribution in [0.5, 0.6) is 0 Å². The third-order valence-electron chi connectivity index (χ3n) is 1.69. The number of hydrogen-bond acceptors (Lipinski definition) is 5. The van der Waals surface area contributed by atoms with E-state index in [1.54, 1.807) is 23.1 Å². The van der Waals surface area contributed by atoms with Crippen LogP contribution in [0.15, 0.2) is 15.2 Å². The number of ether oxygens (including phenoxy) is 1. The van der Waals surface area contributed by atoms with Gasteiger partial charge in [-0.15, -0.1) is 11.3 Å². The van der Waals surface area contributed by atoms with Crippen molar-refractivity contribution in [3.05, 3.63) is 20.8 Å². The molecule has 1 atom stereocenters. The van der Waals surface area contributed by atoms with Crippen molar-refractivity contribution in [2.24, 2.45) is 5.73 Å². The number of thioether (sulfide) groups is 1. The van der Waals surface area contributed by atoms with E-state index in [1.165, 1.54) is 12.7 Å². The number of rotatable bonds is 5. The first-order valence-corrected chi connectivity index (χ1v) is 7.10. The van der Waals surface area contributed by atoms with Crippen molar-refractivity contribution < 1.29 is 9.53 Å². The van der Waals surface area contributed by atoms with Gasteiger partial charge in [-0.3, -0.25) is 4.79 Å². The second-order valence-corrected chi connectivity index (χ2v) is 6.22. The van der Waals surface area contributed by atoms with Gasteiger partial charge in [-0.05, 0) is 32.9 Å². The zero-order valence-electron chi connectivity index (χ0n) is 8.23. The molecule has 1 heterocycles. The molecule has 0 bridgehead atoms. The van der Waals surface area contributed by atoms with Gasteiger partial charge in [-0.2, -0.15) is 11.8 Å². The summed E-state index contributed by atoms with van der Waals surface area (Å²) in [6.07, 6.45) is 0. The lowest BCUT2D eigenvalue weighted by Gasteiger charge is -2.07. The van der Waals surface area contributed by atoms with Gasteiger partial charge in [0.1, 0.15) is 6.04 Å². The fourth-order valence-electron chi connectivity index (χ4n) is 0.945. The van der Waals surface area contributed by atoms with Crippen molar-refractivity contribution >= 4 is 45.0 Å². The van der Waals surface area contributed by atoms with E-state index < -0.39 is 6.04 Å². The second-order valence-electron chi connectivity index (χ2n) is 2.90. The zero-order chi connectivity index (χ0) is 11.3. The van der Waals surface area contributed by atoms with Crippen LogP contribution >= 0.6 is 39.0 Å². The summed E-state index contributed by atoms with van der Waals surface area (Å²) < 4.78 is 5.66. The third-order valence-corrected chi connectivity index (χ3v) is 4.38. The number of halogens is 1. The molecule has 0 aliphatic carbocycles. The fourth-order valence-corrected chi connectivity index (χ4v) is 3.17. The minimum absolute atomic E-state index is 0.353. The first-order valence-electron chi connectivity index (χ1n) is 4.27. The van der Waals surface area contributed by atoms with E-state index in [2.05, 4.69) is 32.1 Å². The van der Waals surface area contributed by atoms with Gasteiger partial charge in [0.25, 0.3) is 0 Å². The maximum absolute atomic E-state index is 11.0. The van der Waals surface area contributed by atoms with E-state index in [-0.39, 0.29) is 5.97 Å². The lowest BCUT2D eigenvalue weighted by Crippen LogP contribution is -2.33. The van der Waals surface area contributed by atoms with Crippen molar-refractivity contribution in [2.75, 3.05) is 12.9 Å². The standard InChI is InChI=1S/C9H12BrNO2S2/c1-13-9(12)7(11)5-14-3-6-2-8(10)15-4-6/h2,4,7H,3,5,11H2,1H3. The van der Waals surface area contributed by atoms with Crippen LogP contribution in [0.1, 0.15) is 5.56 Å². The van der Waals surface area contributed by atoms with Gasteiger partial charge >= 0.3 is 5.97 Å². The molecule has 1 aromatic rings. The lowest BCUT2D eigenvalue weighted by atomic mass is 10.4. The number of hydrogen-bond donors (Lipinski definition) is 1. The van der Waals surface area contributed by atoms with Crippen molar-refractivity contribution in [2.45, 2.75) is 11.8 Å². The summed E-state index contributed by atoms with van der Waals surface area (Å²) in [5.74, 6) is 1.10. The number of methoxy groups -OCH3 is 1. The Labute approximate surface area is 106 Å². The van der Waals surface area contributed by atoms with Gasteiger partial charge in [0.2, 0.25) is 0 Å². The SMILES string of the molecule is COC(=O)C(N)CSCc1csc(Br)c1. The van der Waals surface area contributed by atoms with Gasteiger partial charge in [0.05, 0.1) is 10.9 Å². The molecule has 3 nitrogen and oxygen atoms in total. The number of carbonyl (C=O) groups excluding carboxylic acids is 1. The molecule has 0 aromatic carbocycles. The highest BCUT2D eigenvalue weighted by Gasteiger charge is 2.13. The molecule has 0 aliphatic heterocycles.